The van der Waals surface area contributed by atoms with Crippen LogP contribution in [0.25, 0.3) is 0 Å². The lowest BCUT2D eigenvalue weighted by Gasteiger charge is -2.07. The molecule has 0 aliphatic carbocycles. The molecular formula is C8H10INO2S. The molecule has 0 heterocycles. The average Bonchev–Trinajstić information content (AvgIpc) is 1.94. The van der Waals surface area contributed by atoms with Gasteiger partial charge in [0, 0.05) is 3.57 Å². The molecule has 1 N–H and O–H groups in total. The van der Waals surface area contributed by atoms with Gasteiger partial charge in [-0.3, -0.25) is 4.72 Å². The predicted octanol–water partition coefficient (Wildman–Crippen LogP) is 1.97. The molecule has 0 aromatic heterocycles. The van der Waals surface area contributed by atoms with Crippen molar-refractivity contribution in [3.63, 3.8) is 0 Å². The minimum absolute atomic E-state index is 0.648. The summed E-state index contributed by atoms with van der Waals surface area (Å²) in [5, 5.41) is 0. The molecule has 3 nitrogen and oxygen atoms in total. The highest BCUT2D eigenvalue weighted by Crippen LogP contribution is 2.18. The number of rotatable bonds is 2. The summed E-state index contributed by atoms with van der Waals surface area (Å²) in [4.78, 5) is 0. The number of halogens is 1. The van der Waals surface area contributed by atoms with E-state index in [1.165, 1.54) is 0 Å². The third-order valence-electron chi connectivity index (χ3n) is 1.49. The molecule has 13 heavy (non-hydrogen) atoms. The first kappa shape index (κ1) is 10.8. The van der Waals surface area contributed by atoms with Crippen LogP contribution >= 0.6 is 22.6 Å². The lowest BCUT2D eigenvalue weighted by atomic mass is 10.2. The van der Waals surface area contributed by atoms with Gasteiger partial charge in [0.05, 0.1) is 11.9 Å². The van der Waals surface area contributed by atoms with E-state index in [0.717, 1.165) is 15.4 Å². The van der Waals surface area contributed by atoms with Gasteiger partial charge in [-0.15, -0.1) is 0 Å². The summed E-state index contributed by atoms with van der Waals surface area (Å²) in [6, 6.07) is 5.62. The van der Waals surface area contributed by atoms with Crippen LogP contribution in [0.1, 0.15) is 5.56 Å². The van der Waals surface area contributed by atoms with Gasteiger partial charge in [0.25, 0.3) is 0 Å². The van der Waals surface area contributed by atoms with Crippen LogP contribution in [-0.4, -0.2) is 14.7 Å². The maximum atomic E-state index is 11.0. The van der Waals surface area contributed by atoms with Gasteiger partial charge in [-0.1, -0.05) is 6.07 Å². The van der Waals surface area contributed by atoms with E-state index in [-0.39, 0.29) is 0 Å². The third-order valence-corrected chi connectivity index (χ3v) is 2.76. The Labute approximate surface area is 91.7 Å². The molecule has 0 aliphatic heterocycles. The first-order valence-electron chi connectivity index (χ1n) is 3.62. The summed E-state index contributed by atoms with van der Waals surface area (Å²) < 4.78 is 25.4. The Hall–Kier alpha value is -0.300. The molecule has 72 valence electrons. The normalized spacial score (nSPS) is 11.3. The van der Waals surface area contributed by atoms with E-state index in [9.17, 15) is 8.42 Å². The zero-order valence-electron chi connectivity index (χ0n) is 7.33. The zero-order valence-corrected chi connectivity index (χ0v) is 10.3. The molecule has 0 unspecified atom stereocenters. The summed E-state index contributed by atoms with van der Waals surface area (Å²) in [6.45, 7) is 1.86. The molecule has 1 aromatic rings. The Morgan fingerprint density at radius 2 is 2.00 bits per heavy atom. The Bertz CT molecular complexity index is 414. The summed E-state index contributed by atoms with van der Waals surface area (Å²) >= 11 is 2.14. The Morgan fingerprint density at radius 3 is 2.54 bits per heavy atom. The molecule has 0 radical (unpaired) electrons. The van der Waals surface area contributed by atoms with Crippen molar-refractivity contribution in [3.05, 3.63) is 27.3 Å². The lowest BCUT2D eigenvalue weighted by Crippen LogP contribution is -2.10. The van der Waals surface area contributed by atoms with Gasteiger partial charge in [-0.25, -0.2) is 8.42 Å². The van der Waals surface area contributed by atoms with Crippen molar-refractivity contribution in [3.8, 4) is 0 Å². The quantitative estimate of drug-likeness (QED) is 0.849. The molecule has 0 aliphatic rings. The number of benzene rings is 1. The van der Waals surface area contributed by atoms with Crippen molar-refractivity contribution in [2.75, 3.05) is 11.0 Å². The van der Waals surface area contributed by atoms with Crippen molar-refractivity contribution >= 4 is 38.3 Å². The van der Waals surface area contributed by atoms with E-state index in [1.54, 1.807) is 6.07 Å². The Kier molecular flexibility index (Phi) is 3.18. The van der Waals surface area contributed by atoms with Gasteiger partial charge in [0.15, 0.2) is 0 Å². The number of aryl methyl sites for hydroxylation is 1. The molecule has 0 atom stereocenters. The maximum Gasteiger partial charge on any atom is 0.229 e. The number of hydrogen-bond acceptors (Lipinski definition) is 2. The van der Waals surface area contributed by atoms with Crippen molar-refractivity contribution in [1.82, 2.24) is 0 Å². The van der Waals surface area contributed by atoms with Crippen LogP contribution in [0.2, 0.25) is 0 Å². The average molecular weight is 311 g/mol. The van der Waals surface area contributed by atoms with Gasteiger partial charge in [-0.2, -0.15) is 0 Å². The highest BCUT2D eigenvalue weighted by molar-refractivity contribution is 14.1. The van der Waals surface area contributed by atoms with Crippen LogP contribution in [0.5, 0.6) is 0 Å². The minimum Gasteiger partial charge on any atom is -0.283 e. The maximum absolute atomic E-state index is 11.0. The summed E-state index contributed by atoms with van der Waals surface area (Å²) in [7, 11) is -3.17. The van der Waals surface area contributed by atoms with E-state index in [4.69, 9.17) is 0 Å². The van der Waals surface area contributed by atoms with Crippen LogP contribution in [0.3, 0.4) is 0 Å². The molecule has 5 heteroatoms. The highest BCUT2D eigenvalue weighted by atomic mass is 127. The first-order valence-corrected chi connectivity index (χ1v) is 6.59. The summed E-state index contributed by atoms with van der Waals surface area (Å²) in [5.41, 5.74) is 1.57. The van der Waals surface area contributed by atoms with Gasteiger partial charge < -0.3 is 0 Å². The molecule has 0 amide bonds. The van der Waals surface area contributed by atoms with Crippen molar-refractivity contribution in [2.45, 2.75) is 6.92 Å². The van der Waals surface area contributed by atoms with E-state index < -0.39 is 10.0 Å². The second kappa shape index (κ2) is 3.83. The Balaban J connectivity index is 3.08. The standard InChI is InChI=1S/C8H10INO2S/c1-6-3-4-7(9)5-8(6)10-13(2,11)12/h3-5,10H,1-2H3. The monoisotopic (exact) mass is 311 g/mol. The molecule has 0 spiro atoms. The van der Waals surface area contributed by atoms with Gasteiger partial charge in [0.1, 0.15) is 0 Å². The number of nitrogens with one attached hydrogen (secondary N) is 1. The fourth-order valence-electron chi connectivity index (χ4n) is 0.904. The number of anilines is 1. The van der Waals surface area contributed by atoms with E-state index in [0.29, 0.717) is 5.69 Å². The van der Waals surface area contributed by atoms with Crippen LogP contribution < -0.4 is 4.72 Å². The fraction of sp³-hybridized carbons (Fsp3) is 0.250. The molecular weight excluding hydrogens is 301 g/mol. The van der Waals surface area contributed by atoms with Crippen molar-refractivity contribution < 1.29 is 8.42 Å². The first-order chi connectivity index (χ1) is 5.88. The van der Waals surface area contributed by atoms with Gasteiger partial charge >= 0.3 is 0 Å². The van der Waals surface area contributed by atoms with Crippen molar-refractivity contribution in [1.29, 1.82) is 0 Å². The van der Waals surface area contributed by atoms with Gasteiger partial charge in [0.2, 0.25) is 10.0 Å². The molecule has 0 fully saturated rings. The molecule has 0 saturated heterocycles. The number of hydrogen-bond donors (Lipinski definition) is 1. The zero-order chi connectivity index (χ0) is 10.1. The number of sulfonamides is 1. The van der Waals surface area contributed by atoms with E-state index in [1.807, 2.05) is 19.1 Å². The molecule has 1 aromatic carbocycles. The molecule has 0 bridgehead atoms. The molecule has 1 rings (SSSR count). The Morgan fingerprint density at radius 1 is 1.38 bits per heavy atom. The predicted molar refractivity (Wildman–Crippen MR) is 62.4 cm³/mol. The van der Waals surface area contributed by atoms with Crippen LogP contribution in [-0.2, 0) is 10.0 Å². The highest BCUT2D eigenvalue weighted by Gasteiger charge is 2.04. The second-order valence-electron chi connectivity index (χ2n) is 2.83. The van der Waals surface area contributed by atoms with E-state index in [2.05, 4.69) is 27.3 Å². The summed E-state index contributed by atoms with van der Waals surface area (Å²) in [6.07, 6.45) is 1.15. The molecule has 0 saturated carbocycles. The third kappa shape index (κ3) is 3.51. The van der Waals surface area contributed by atoms with Gasteiger partial charge in [-0.05, 0) is 47.2 Å². The lowest BCUT2D eigenvalue weighted by molar-refractivity contribution is 0.607. The fourth-order valence-corrected chi connectivity index (χ4v) is 2.01. The second-order valence-corrected chi connectivity index (χ2v) is 5.83. The topological polar surface area (TPSA) is 46.2 Å². The van der Waals surface area contributed by atoms with Crippen LogP contribution in [0.15, 0.2) is 18.2 Å². The summed E-state index contributed by atoms with van der Waals surface area (Å²) in [5.74, 6) is 0. The smallest absolute Gasteiger partial charge is 0.229 e. The minimum atomic E-state index is -3.17. The van der Waals surface area contributed by atoms with Crippen molar-refractivity contribution in [2.24, 2.45) is 0 Å². The van der Waals surface area contributed by atoms with E-state index >= 15 is 0 Å². The van der Waals surface area contributed by atoms with Crippen LogP contribution in [0, 0.1) is 10.5 Å². The largest absolute Gasteiger partial charge is 0.283 e. The van der Waals surface area contributed by atoms with Crippen LogP contribution in [0.4, 0.5) is 5.69 Å². The SMILES string of the molecule is Cc1ccc(I)cc1NS(C)(=O)=O.